The van der Waals surface area contributed by atoms with Gasteiger partial charge in [0.25, 0.3) is 0 Å². The second-order valence-corrected chi connectivity index (χ2v) is 7.45. The van der Waals surface area contributed by atoms with Crippen LogP contribution in [-0.4, -0.2) is 64.4 Å². The summed E-state index contributed by atoms with van der Waals surface area (Å²) in [6, 6.07) is -0.727. The molecular formula is C16H29N3O4. The van der Waals surface area contributed by atoms with E-state index < -0.39 is 28.4 Å². The highest BCUT2D eigenvalue weighted by Crippen LogP contribution is 2.28. The highest BCUT2D eigenvalue weighted by atomic mass is 16.5. The average molecular weight is 327 g/mol. The van der Waals surface area contributed by atoms with E-state index in [2.05, 4.69) is 11.9 Å². The third-order valence-electron chi connectivity index (χ3n) is 4.70. The monoisotopic (exact) mass is 327 g/mol. The molecule has 2 N–H and O–H groups in total. The van der Waals surface area contributed by atoms with E-state index in [1.165, 1.54) is 6.92 Å². The van der Waals surface area contributed by atoms with Gasteiger partial charge in [-0.2, -0.15) is 0 Å². The van der Waals surface area contributed by atoms with Crippen molar-refractivity contribution in [3.63, 3.8) is 0 Å². The maximum atomic E-state index is 12.9. The second kappa shape index (κ2) is 6.98. The molecule has 0 saturated carbocycles. The zero-order valence-electron chi connectivity index (χ0n) is 14.7. The lowest BCUT2D eigenvalue weighted by molar-refractivity contribution is -0.910. The lowest BCUT2D eigenvalue weighted by atomic mass is 10.1. The number of carbonyl (C=O) groups is 2. The number of quaternary nitrogens is 1. The highest BCUT2D eigenvalue weighted by molar-refractivity contribution is 5.75. The van der Waals surface area contributed by atoms with Crippen molar-refractivity contribution in [2.24, 2.45) is 5.92 Å². The minimum absolute atomic E-state index is 0.0346. The molecule has 132 valence electrons. The normalized spacial score (nSPS) is 26.3. The van der Waals surface area contributed by atoms with Gasteiger partial charge in [-0.15, -0.1) is 6.58 Å². The van der Waals surface area contributed by atoms with E-state index >= 15 is 0 Å². The van der Waals surface area contributed by atoms with E-state index in [0.29, 0.717) is 13.0 Å². The van der Waals surface area contributed by atoms with Crippen LogP contribution in [0, 0.1) is 11.1 Å². The molecule has 0 bridgehead atoms. The van der Waals surface area contributed by atoms with E-state index in [0.717, 1.165) is 0 Å². The Balaban J connectivity index is 3.07. The number of rotatable bonds is 6. The fourth-order valence-electron chi connectivity index (χ4n) is 2.72. The lowest BCUT2D eigenvalue weighted by Gasteiger charge is -2.52. The molecule has 1 aliphatic rings. The third-order valence-corrected chi connectivity index (χ3v) is 4.70. The Morgan fingerprint density at radius 1 is 1.52 bits per heavy atom. The number of carboxylic acids is 1. The van der Waals surface area contributed by atoms with Crippen molar-refractivity contribution in [2.75, 3.05) is 20.1 Å². The summed E-state index contributed by atoms with van der Waals surface area (Å²) in [7, 11) is 1.55. The summed E-state index contributed by atoms with van der Waals surface area (Å²) in [5.41, 5.74) is -0.576. The molecule has 0 aliphatic carbocycles. The van der Waals surface area contributed by atoms with Gasteiger partial charge < -0.3 is 20.3 Å². The van der Waals surface area contributed by atoms with Gasteiger partial charge in [0.05, 0.1) is 12.6 Å². The number of nitrogens with zero attached hydrogens (tertiary/aromatic N) is 2. The number of likely N-dealkylation sites (N-methyl/N-ethyl adjacent to an activating group) is 1. The van der Waals surface area contributed by atoms with Crippen LogP contribution in [0.25, 0.3) is 0 Å². The molecule has 1 heterocycles. The SMILES string of the molecule is C=C[C@@H]1C[C@@H](C(=O)O)N(C(C[N+](C)([O-])C(C)(C)C)NC(C)=O)C1. The fourth-order valence-corrected chi connectivity index (χ4v) is 2.72. The average Bonchev–Trinajstić information content (AvgIpc) is 2.79. The number of nitrogens with one attached hydrogen (secondary N) is 1. The van der Waals surface area contributed by atoms with Crippen LogP contribution >= 0.6 is 0 Å². The van der Waals surface area contributed by atoms with Crippen molar-refractivity contribution in [3.8, 4) is 0 Å². The number of carbonyl (C=O) groups excluding carboxylic acids is 1. The summed E-state index contributed by atoms with van der Waals surface area (Å²) in [4.78, 5) is 24.8. The molecule has 1 amide bonds. The molecule has 7 nitrogen and oxygen atoms in total. The van der Waals surface area contributed by atoms with E-state index in [4.69, 9.17) is 0 Å². The minimum atomic E-state index is -0.944. The summed E-state index contributed by atoms with van der Waals surface area (Å²) < 4.78 is -0.584. The quantitative estimate of drug-likeness (QED) is 0.434. The Bertz CT molecular complexity index is 470. The van der Waals surface area contributed by atoms with E-state index in [1.54, 1.807) is 18.0 Å². The molecule has 0 aromatic rings. The van der Waals surface area contributed by atoms with Gasteiger partial charge in [-0.1, -0.05) is 6.08 Å². The molecule has 0 aromatic carbocycles. The zero-order chi connectivity index (χ0) is 18.0. The summed E-state index contributed by atoms with van der Waals surface area (Å²) in [6.45, 7) is 11.1. The largest absolute Gasteiger partial charge is 0.633 e. The predicted octanol–water partition coefficient (Wildman–Crippen LogP) is 1.15. The Labute approximate surface area is 138 Å². The first kappa shape index (κ1) is 19.6. The predicted molar refractivity (Wildman–Crippen MR) is 88.2 cm³/mol. The highest BCUT2D eigenvalue weighted by Gasteiger charge is 2.43. The van der Waals surface area contributed by atoms with Gasteiger partial charge in [0, 0.05) is 13.5 Å². The molecule has 0 aromatic heterocycles. The molecule has 1 fully saturated rings. The van der Waals surface area contributed by atoms with Crippen LogP contribution in [0.1, 0.15) is 34.1 Å². The summed E-state index contributed by atoms with van der Waals surface area (Å²) >= 11 is 0. The van der Waals surface area contributed by atoms with Crippen molar-refractivity contribution in [1.29, 1.82) is 0 Å². The van der Waals surface area contributed by atoms with Crippen LogP contribution in [0.3, 0.4) is 0 Å². The van der Waals surface area contributed by atoms with Gasteiger partial charge in [0.15, 0.2) is 0 Å². The standard InChI is InChI=1S/C16H29N3O4/c1-7-12-8-13(15(21)22)18(9-12)14(17-11(2)20)10-19(6,23)16(3,4)5/h7,12-14H,1,8-10H2,2-6H3,(H,17,20)(H,21,22)/t12-,13+,14?,19?/m1/s1. The van der Waals surface area contributed by atoms with Gasteiger partial charge in [-0.25, -0.2) is 0 Å². The number of hydroxylamine groups is 3. The number of carboxylic acid groups (broad SMARTS) is 1. The Kier molecular flexibility index (Phi) is 5.95. The lowest BCUT2D eigenvalue weighted by Crippen LogP contribution is -2.63. The fraction of sp³-hybridized carbons (Fsp3) is 0.750. The first-order chi connectivity index (χ1) is 10.4. The van der Waals surface area contributed by atoms with Crippen molar-refractivity contribution in [1.82, 2.24) is 10.2 Å². The Morgan fingerprint density at radius 3 is 2.48 bits per heavy atom. The van der Waals surface area contributed by atoms with Gasteiger partial charge in [0.1, 0.15) is 18.8 Å². The maximum Gasteiger partial charge on any atom is 0.321 e. The van der Waals surface area contributed by atoms with Crippen molar-refractivity contribution in [3.05, 3.63) is 17.9 Å². The molecule has 0 spiro atoms. The molecular weight excluding hydrogens is 298 g/mol. The molecule has 0 radical (unpaired) electrons. The molecule has 1 aliphatic heterocycles. The van der Waals surface area contributed by atoms with E-state index in [9.17, 15) is 19.9 Å². The van der Waals surface area contributed by atoms with Crippen LogP contribution in [0.2, 0.25) is 0 Å². The number of hydrogen-bond donors (Lipinski definition) is 2. The smallest absolute Gasteiger partial charge is 0.321 e. The first-order valence-corrected chi connectivity index (χ1v) is 7.84. The summed E-state index contributed by atoms with van der Waals surface area (Å²) in [6.07, 6.45) is 1.54. The van der Waals surface area contributed by atoms with Gasteiger partial charge >= 0.3 is 5.97 Å². The van der Waals surface area contributed by atoms with Crippen molar-refractivity contribution in [2.45, 2.75) is 51.9 Å². The summed E-state index contributed by atoms with van der Waals surface area (Å²) in [5.74, 6) is -1.19. The van der Waals surface area contributed by atoms with Crippen LogP contribution in [0.4, 0.5) is 0 Å². The zero-order valence-corrected chi connectivity index (χ0v) is 14.7. The number of aliphatic carboxylic acids is 1. The van der Waals surface area contributed by atoms with Crippen LogP contribution in [-0.2, 0) is 9.59 Å². The van der Waals surface area contributed by atoms with E-state index in [1.807, 2.05) is 20.8 Å². The topological polar surface area (TPSA) is 92.7 Å². The minimum Gasteiger partial charge on any atom is -0.633 e. The van der Waals surface area contributed by atoms with Crippen LogP contribution < -0.4 is 5.32 Å². The number of likely N-dealkylation sites (tertiary alicyclic amines) is 1. The molecule has 23 heavy (non-hydrogen) atoms. The molecule has 1 rings (SSSR count). The molecule has 1 saturated heterocycles. The second-order valence-electron chi connectivity index (χ2n) is 7.45. The molecule has 7 heteroatoms. The molecule has 2 unspecified atom stereocenters. The van der Waals surface area contributed by atoms with Crippen molar-refractivity contribution >= 4 is 11.9 Å². The first-order valence-electron chi connectivity index (χ1n) is 7.84. The van der Waals surface area contributed by atoms with Gasteiger partial charge in [-0.05, 0) is 33.1 Å². The van der Waals surface area contributed by atoms with Crippen LogP contribution in [0.5, 0.6) is 0 Å². The van der Waals surface area contributed by atoms with Gasteiger partial charge in [0.2, 0.25) is 5.91 Å². The number of hydrogen-bond acceptors (Lipinski definition) is 4. The van der Waals surface area contributed by atoms with Crippen LogP contribution in [0.15, 0.2) is 12.7 Å². The van der Waals surface area contributed by atoms with Crippen molar-refractivity contribution < 1.29 is 19.3 Å². The maximum absolute atomic E-state index is 12.9. The Hall–Kier alpha value is -1.44. The third kappa shape index (κ3) is 4.76. The summed E-state index contributed by atoms with van der Waals surface area (Å²) in [5, 5.41) is 25.1. The number of amides is 1. The Morgan fingerprint density at radius 2 is 2.09 bits per heavy atom. The molecule has 4 atom stereocenters. The van der Waals surface area contributed by atoms with E-state index in [-0.39, 0.29) is 18.4 Å². The van der Waals surface area contributed by atoms with Gasteiger partial charge in [-0.3, -0.25) is 14.5 Å².